The molecule has 0 saturated carbocycles. The predicted molar refractivity (Wildman–Crippen MR) is 73.9 cm³/mol. The van der Waals surface area contributed by atoms with E-state index in [1.165, 1.54) is 6.07 Å². The minimum atomic E-state index is -3.73. The van der Waals surface area contributed by atoms with E-state index in [0.29, 0.717) is 0 Å². The predicted octanol–water partition coefficient (Wildman–Crippen LogP) is 0.252. The van der Waals surface area contributed by atoms with E-state index in [1.807, 2.05) is 0 Å². The Hall–Kier alpha value is -1.45. The van der Waals surface area contributed by atoms with E-state index in [4.69, 9.17) is 5.11 Å². The van der Waals surface area contributed by atoms with E-state index in [9.17, 15) is 18.0 Å². The van der Waals surface area contributed by atoms with Crippen molar-refractivity contribution in [1.82, 2.24) is 10.0 Å². The highest BCUT2D eigenvalue weighted by atomic mass is 32.2. The third-order valence-corrected chi connectivity index (χ3v) is 5.23. The summed E-state index contributed by atoms with van der Waals surface area (Å²) in [7, 11) is -3.73. The standard InChI is InChI=1S/C11H16N2O5S2/c1-7(2)10(11(15)16)13-8(14)6-12-20(17,18)9-4-3-5-19-9/h3-5,7,10,12H,6H2,1-2H3,(H,13,14)(H,15,16). The number of nitrogens with one attached hydrogen (secondary N) is 2. The van der Waals surface area contributed by atoms with Crippen LogP contribution in [-0.4, -0.2) is 38.0 Å². The van der Waals surface area contributed by atoms with Gasteiger partial charge in [0.15, 0.2) is 0 Å². The number of carbonyl (C=O) groups is 2. The molecule has 1 aromatic rings. The minimum Gasteiger partial charge on any atom is -0.480 e. The Labute approximate surface area is 121 Å². The molecule has 3 N–H and O–H groups in total. The van der Waals surface area contributed by atoms with Gasteiger partial charge in [-0.15, -0.1) is 11.3 Å². The minimum absolute atomic E-state index is 0.101. The molecule has 20 heavy (non-hydrogen) atoms. The van der Waals surface area contributed by atoms with E-state index < -0.39 is 34.5 Å². The average molecular weight is 320 g/mol. The lowest BCUT2D eigenvalue weighted by atomic mass is 10.1. The van der Waals surface area contributed by atoms with Crippen molar-refractivity contribution in [1.29, 1.82) is 0 Å². The first-order valence-corrected chi connectivity index (χ1v) is 8.15. The van der Waals surface area contributed by atoms with Crippen molar-refractivity contribution < 1.29 is 23.1 Å². The van der Waals surface area contributed by atoms with Gasteiger partial charge >= 0.3 is 5.97 Å². The monoisotopic (exact) mass is 320 g/mol. The highest BCUT2D eigenvalue weighted by molar-refractivity contribution is 7.91. The molecule has 9 heteroatoms. The zero-order valence-corrected chi connectivity index (χ0v) is 12.6. The first-order chi connectivity index (χ1) is 9.24. The molecule has 1 amide bonds. The van der Waals surface area contributed by atoms with E-state index in [0.717, 1.165) is 11.3 Å². The largest absolute Gasteiger partial charge is 0.480 e. The maximum atomic E-state index is 11.8. The number of aliphatic carboxylic acids is 1. The Kier molecular flexibility index (Phi) is 5.66. The van der Waals surface area contributed by atoms with Crippen molar-refractivity contribution in [3.63, 3.8) is 0 Å². The van der Waals surface area contributed by atoms with Crippen LogP contribution in [0.15, 0.2) is 21.7 Å². The number of carboxylic acids is 1. The van der Waals surface area contributed by atoms with E-state index in [2.05, 4.69) is 10.0 Å². The second kappa shape index (κ2) is 6.82. The lowest BCUT2D eigenvalue weighted by molar-refractivity contribution is -0.142. The first kappa shape index (κ1) is 16.6. The van der Waals surface area contributed by atoms with Gasteiger partial charge in [-0.25, -0.2) is 17.9 Å². The van der Waals surface area contributed by atoms with Gasteiger partial charge in [-0.1, -0.05) is 19.9 Å². The maximum Gasteiger partial charge on any atom is 0.326 e. The van der Waals surface area contributed by atoms with Crippen LogP contribution in [0, 0.1) is 5.92 Å². The third kappa shape index (κ3) is 4.58. The molecule has 0 aromatic carbocycles. The summed E-state index contributed by atoms with van der Waals surface area (Å²) in [5.74, 6) is -2.15. The molecular weight excluding hydrogens is 304 g/mol. The maximum absolute atomic E-state index is 11.8. The normalized spacial score (nSPS) is 13.2. The average Bonchev–Trinajstić information content (AvgIpc) is 2.87. The van der Waals surface area contributed by atoms with Gasteiger partial charge in [-0.3, -0.25) is 4.79 Å². The van der Waals surface area contributed by atoms with Gasteiger partial charge in [0.05, 0.1) is 6.54 Å². The van der Waals surface area contributed by atoms with Crippen molar-refractivity contribution in [3.05, 3.63) is 17.5 Å². The number of hydrogen-bond acceptors (Lipinski definition) is 5. The van der Waals surface area contributed by atoms with Crippen LogP contribution in [0.2, 0.25) is 0 Å². The topological polar surface area (TPSA) is 113 Å². The molecule has 0 aliphatic rings. The van der Waals surface area contributed by atoms with Crippen molar-refractivity contribution in [2.24, 2.45) is 5.92 Å². The summed E-state index contributed by atoms with van der Waals surface area (Å²) in [5, 5.41) is 12.8. The number of amides is 1. The van der Waals surface area contributed by atoms with Crippen LogP contribution in [-0.2, 0) is 19.6 Å². The van der Waals surface area contributed by atoms with Gasteiger partial charge in [-0.2, -0.15) is 0 Å². The summed E-state index contributed by atoms with van der Waals surface area (Å²) in [6, 6.07) is 1.95. The molecule has 1 heterocycles. The van der Waals surface area contributed by atoms with Gasteiger partial charge < -0.3 is 10.4 Å². The second-order valence-corrected chi connectivity index (χ2v) is 7.33. The van der Waals surface area contributed by atoms with Crippen LogP contribution in [0.5, 0.6) is 0 Å². The summed E-state index contributed by atoms with van der Waals surface area (Å²) in [6.07, 6.45) is 0. The summed E-state index contributed by atoms with van der Waals surface area (Å²) in [6.45, 7) is 2.79. The Morgan fingerprint density at radius 1 is 1.40 bits per heavy atom. The van der Waals surface area contributed by atoms with Gasteiger partial charge in [0, 0.05) is 0 Å². The molecule has 1 aromatic heterocycles. The van der Waals surface area contributed by atoms with E-state index in [1.54, 1.807) is 25.3 Å². The third-order valence-electron chi connectivity index (χ3n) is 2.43. The molecule has 112 valence electrons. The first-order valence-electron chi connectivity index (χ1n) is 5.79. The molecule has 1 unspecified atom stereocenters. The van der Waals surface area contributed by atoms with Crippen LogP contribution in [0.4, 0.5) is 0 Å². The molecule has 0 aliphatic heterocycles. The SMILES string of the molecule is CC(C)C(NC(=O)CNS(=O)(=O)c1cccs1)C(=O)O. The van der Waals surface area contributed by atoms with Crippen molar-refractivity contribution in [3.8, 4) is 0 Å². The fourth-order valence-electron chi connectivity index (χ4n) is 1.39. The number of sulfonamides is 1. The van der Waals surface area contributed by atoms with Crippen molar-refractivity contribution >= 4 is 33.2 Å². The molecular formula is C11H16N2O5S2. The van der Waals surface area contributed by atoms with E-state index in [-0.39, 0.29) is 10.1 Å². The van der Waals surface area contributed by atoms with Crippen LogP contribution < -0.4 is 10.0 Å². The molecule has 0 fully saturated rings. The Bertz CT molecular complexity index is 566. The zero-order valence-electron chi connectivity index (χ0n) is 11.0. The number of carboxylic acid groups (broad SMARTS) is 1. The van der Waals surface area contributed by atoms with Gasteiger partial charge in [0.25, 0.3) is 10.0 Å². The molecule has 0 radical (unpaired) electrons. The summed E-state index contributed by atoms with van der Waals surface area (Å²) < 4.78 is 25.7. The van der Waals surface area contributed by atoms with Crippen LogP contribution in [0.3, 0.4) is 0 Å². The summed E-state index contributed by atoms with van der Waals surface area (Å²) >= 11 is 1.03. The quantitative estimate of drug-likeness (QED) is 0.667. The van der Waals surface area contributed by atoms with Crippen LogP contribution in [0.25, 0.3) is 0 Å². The highest BCUT2D eigenvalue weighted by Gasteiger charge is 2.24. The van der Waals surface area contributed by atoms with Gasteiger partial charge in [0.2, 0.25) is 5.91 Å². The number of thiophene rings is 1. The lowest BCUT2D eigenvalue weighted by Crippen LogP contribution is -2.47. The Morgan fingerprint density at radius 3 is 2.50 bits per heavy atom. The molecule has 0 spiro atoms. The summed E-state index contributed by atoms with van der Waals surface area (Å²) in [5.41, 5.74) is 0. The number of rotatable bonds is 7. The molecule has 1 atom stereocenters. The lowest BCUT2D eigenvalue weighted by Gasteiger charge is -2.17. The van der Waals surface area contributed by atoms with Gasteiger partial charge in [0.1, 0.15) is 10.3 Å². The molecule has 1 rings (SSSR count). The van der Waals surface area contributed by atoms with Crippen molar-refractivity contribution in [2.45, 2.75) is 24.1 Å². The molecule has 0 saturated heterocycles. The highest BCUT2D eigenvalue weighted by Crippen LogP contribution is 2.14. The fraction of sp³-hybridized carbons (Fsp3) is 0.455. The molecule has 0 aliphatic carbocycles. The van der Waals surface area contributed by atoms with Crippen LogP contribution >= 0.6 is 11.3 Å². The number of hydrogen-bond donors (Lipinski definition) is 3. The van der Waals surface area contributed by atoms with E-state index >= 15 is 0 Å². The molecule has 0 bridgehead atoms. The van der Waals surface area contributed by atoms with Crippen LogP contribution in [0.1, 0.15) is 13.8 Å². The zero-order chi connectivity index (χ0) is 15.3. The Morgan fingerprint density at radius 2 is 2.05 bits per heavy atom. The fourth-order valence-corrected chi connectivity index (χ4v) is 3.41. The smallest absolute Gasteiger partial charge is 0.326 e. The van der Waals surface area contributed by atoms with Crippen molar-refractivity contribution in [2.75, 3.05) is 6.54 Å². The Balaban J connectivity index is 2.58. The summed E-state index contributed by atoms with van der Waals surface area (Å²) in [4.78, 5) is 22.5. The molecule has 7 nitrogen and oxygen atoms in total. The van der Waals surface area contributed by atoms with Gasteiger partial charge in [-0.05, 0) is 17.4 Å². The number of carbonyl (C=O) groups excluding carboxylic acids is 1. The second-order valence-electron chi connectivity index (χ2n) is 4.38.